The van der Waals surface area contributed by atoms with Crippen LogP contribution in [0.15, 0.2) is 12.3 Å². The number of fused-ring (bicyclic) bond motifs is 1. The Morgan fingerprint density at radius 3 is 2.55 bits per heavy atom. The fourth-order valence-electron chi connectivity index (χ4n) is 3.10. The van der Waals surface area contributed by atoms with Gasteiger partial charge in [-0.1, -0.05) is 6.92 Å². The van der Waals surface area contributed by atoms with E-state index < -0.39 is 30.0 Å². The predicted octanol–water partition coefficient (Wildman–Crippen LogP) is 4.34. The van der Waals surface area contributed by atoms with Gasteiger partial charge in [-0.25, -0.2) is 27.9 Å². The third-order valence-corrected chi connectivity index (χ3v) is 5.76. The second-order valence-corrected chi connectivity index (χ2v) is 8.01. The Balaban J connectivity index is 2.03. The van der Waals surface area contributed by atoms with Gasteiger partial charge in [0, 0.05) is 5.69 Å². The summed E-state index contributed by atoms with van der Waals surface area (Å²) in [7, 11) is 0. The van der Waals surface area contributed by atoms with Gasteiger partial charge in [0.15, 0.2) is 5.65 Å². The molecule has 12 heteroatoms. The first-order valence-corrected chi connectivity index (χ1v) is 10.9. The molecule has 9 nitrogen and oxygen atoms in total. The van der Waals surface area contributed by atoms with Crippen LogP contribution in [0.4, 0.5) is 13.8 Å². The van der Waals surface area contributed by atoms with Crippen molar-refractivity contribution in [2.45, 2.75) is 40.5 Å². The van der Waals surface area contributed by atoms with E-state index in [-0.39, 0.29) is 45.6 Å². The zero-order valence-electron chi connectivity index (χ0n) is 18.4. The summed E-state index contributed by atoms with van der Waals surface area (Å²) in [4.78, 5) is 42.3. The van der Waals surface area contributed by atoms with Crippen molar-refractivity contribution in [2.75, 3.05) is 18.5 Å². The summed E-state index contributed by atoms with van der Waals surface area (Å²) in [6.07, 6.45) is -1.12. The molecule has 0 radical (unpaired) electrons. The van der Waals surface area contributed by atoms with Gasteiger partial charge in [0.05, 0.1) is 25.0 Å². The van der Waals surface area contributed by atoms with E-state index in [1.807, 2.05) is 6.92 Å². The van der Waals surface area contributed by atoms with Crippen molar-refractivity contribution in [1.29, 1.82) is 0 Å². The number of carbonyl (C=O) groups is 3. The average Bonchev–Trinajstić information content (AvgIpc) is 3.32. The van der Waals surface area contributed by atoms with Crippen molar-refractivity contribution in [3.8, 4) is 0 Å². The molecule has 0 aliphatic carbocycles. The van der Waals surface area contributed by atoms with Gasteiger partial charge in [0.1, 0.15) is 21.1 Å². The maximum absolute atomic E-state index is 13.4. The minimum Gasteiger partial charge on any atom is -0.462 e. The van der Waals surface area contributed by atoms with Crippen LogP contribution in [-0.4, -0.2) is 45.7 Å². The summed E-state index contributed by atoms with van der Waals surface area (Å²) in [5, 5.41) is 6.52. The van der Waals surface area contributed by atoms with E-state index in [1.54, 1.807) is 13.8 Å². The quantitative estimate of drug-likeness (QED) is 0.477. The highest BCUT2D eigenvalue weighted by molar-refractivity contribution is 7.18. The molecule has 0 fully saturated rings. The average molecular weight is 480 g/mol. The first-order valence-electron chi connectivity index (χ1n) is 10.1. The lowest BCUT2D eigenvalue weighted by molar-refractivity contribution is 0.0506. The van der Waals surface area contributed by atoms with Crippen molar-refractivity contribution >= 4 is 39.8 Å². The molecule has 1 amide bonds. The molecule has 176 valence electrons. The van der Waals surface area contributed by atoms with Gasteiger partial charge in [-0.05, 0) is 38.8 Å². The van der Waals surface area contributed by atoms with Crippen LogP contribution in [0.5, 0.6) is 0 Å². The van der Waals surface area contributed by atoms with Gasteiger partial charge in [-0.2, -0.15) is 5.10 Å². The summed E-state index contributed by atoms with van der Waals surface area (Å²) >= 11 is 0.863. The molecular weight excluding hydrogens is 458 g/mol. The van der Waals surface area contributed by atoms with Gasteiger partial charge < -0.3 is 14.8 Å². The van der Waals surface area contributed by atoms with Crippen LogP contribution in [0, 0.1) is 13.8 Å². The SMILES string of the molecule is CCCOC(=O)c1c(NC(=O)c2cnn3c(C(F)F)cc(C)nc23)sc(C(=O)OCC)c1C. The lowest BCUT2D eigenvalue weighted by Gasteiger charge is -2.08. The molecule has 0 saturated carbocycles. The number of amides is 1. The lowest BCUT2D eigenvalue weighted by Crippen LogP contribution is -2.15. The number of hydrogen-bond donors (Lipinski definition) is 1. The monoisotopic (exact) mass is 480 g/mol. The van der Waals surface area contributed by atoms with Gasteiger partial charge in [0.25, 0.3) is 12.3 Å². The molecule has 3 rings (SSSR count). The van der Waals surface area contributed by atoms with E-state index in [0.29, 0.717) is 12.0 Å². The van der Waals surface area contributed by atoms with Gasteiger partial charge in [0.2, 0.25) is 0 Å². The number of hydrogen-bond acceptors (Lipinski definition) is 8. The molecule has 0 atom stereocenters. The van der Waals surface area contributed by atoms with E-state index >= 15 is 0 Å². The van der Waals surface area contributed by atoms with Crippen LogP contribution in [0.2, 0.25) is 0 Å². The number of ether oxygens (including phenoxy) is 2. The minimum absolute atomic E-state index is 0.0266. The second-order valence-electron chi connectivity index (χ2n) is 6.99. The lowest BCUT2D eigenvalue weighted by atomic mass is 10.1. The Kier molecular flexibility index (Phi) is 7.36. The van der Waals surface area contributed by atoms with Gasteiger partial charge in [-0.15, -0.1) is 11.3 Å². The number of aromatic nitrogens is 3. The first-order chi connectivity index (χ1) is 15.7. The first kappa shape index (κ1) is 24.2. The largest absolute Gasteiger partial charge is 0.462 e. The highest BCUT2D eigenvalue weighted by Crippen LogP contribution is 2.35. The Morgan fingerprint density at radius 2 is 1.91 bits per heavy atom. The van der Waals surface area contributed by atoms with Gasteiger partial charge in [-0.3, -0.25) is 4.79 Å². The Labute approximate surface area is 191 Å². The zero-order valence-corrected chi connectivity index (χ0v) is 19.2. The topological polar surface area (TPSA) is 112 Å². The molecule has 0 saturated heterocycles. The normalized spacial score (nSPS) is 11.1. The van der Waals surface area contributed by atoms with E-state index in [9.17, 15) is 23.2 Å². The maximum atomic E-state index is 13.4. The van der Waals surface area contributed by atoms with Crippen LogP contribution >= 0.6 is 11.3 Å². The number of thiophene rings is 1. The number of anilines is 1. The molecule has 3 aromatic rings. The summed E-state index contributed by atoms with van der Waals surface area (Å²) < 4.78 is 37.9. The maximum Gasteiger partial charge on any atom is 0.348 e. The van der Waals surface area contributed by atoms with Crippen molar-refractivity contribution in [3.63, 3.8) is 0 Å². The van der Waals surface area contributed by atoms with Crippen molar-refractivity contribution in [3.05, 3.63) is 45.2 Å². The van der Waals surface area contributed by atoms with Crippen LogP contribution in [0.25, 0.3) is 5.65 Å². The number of nitrogens with one attached hydrogen (secondary N) is 1. The van der Waals surface area contributed by atoms with Crippen LogP contribution in [0.3, 0.4) is 0 Å². The number of halogens is 2. The zero-order chi connectivity index (χ0) is 24.3. The van der Waals surface area contributed by atoms with Gasteiger partial charge >= 0.3 is 11.9 Å². The molecule has 0 bridgehead atoms. The highest BCUT2D eigenvalue weighted by atomic mass is 32.1. The summed E-state index contributed by atoms with van der Waals surface area (Å²) in [5.41, 5.74) is 0.0844. The molecule has 0 aliphatic rings. The fraction of sp³-hybridized carbons (Fsp3) is 0.381. The van der Waals surface area contributed by atoms with Crippen LogP contribution in [-0.2, 0) is 9.47 Å². The molecule has 0 spiro atoms. The van der Waals surface area contributed by atoms with E-state index in [0.717, 1.165) is 22.0 Å². The Bertz CT molecular complexity index is 1220. The second kappa shape index (κ2) is 10.0. The molecule has 3 aromatic heterocycles. The smallest absolute Gasteiger partial charge is 0.348 e. The third kappa shape index (κ3) is 4.85. The molecular formula is C21H22F2N4O5S. The predicted molar refractivity (Wildman–Crippen MR) is 116 cm³/mol. The minimum atomic E-state index is -2.82. The van der Waals surface area contributed by atoms with E-state index in [4.69, 9.17) is 9.47 Å². The van der Waals surface area contributed by atoms with Crippen molar-refractivity contribution in [1.82, 2.24) is 14.6 Å². The fourth-order valence-corrected chi connectivity index (χ4v) is 4.19. The molecule has 0 aliphatic heterocycles. The van der Waals surface area contributed by atoms with E-state index in [1.165, 1.54) is 13.0 Å². The Hall–Kier alpha value is -3.41. The molecule has 1 N–H and O–H groups in total. The molecule has 33 heavy (non-hydrogen) atoms. The Morgan fingerprint density at radius 1 is 1.18 bits per heavy atom. The number of carbonyl (C=O) groups excluding carboxylic acids is 3. The highest BCUT2D eigenvalue weighted by Gasteiger charge is 2.29. The van der Waals surface area contributed by atoms with Crippen LogP contribution < -0.4 is 5.32 Å². The number of rotatable bonds is 8. The summed E-state index contributed by atoms with van der Waals surface area (Å²) in [5.74, 6) is -2.07. The summed E-state index contributed by atoms with van der Waals surface area (Å²) in [6.45, 7) is 6.84. The third-order valence-electron chi connectivity index (χ3n) is 4.57. The number of alkyl halides is 2. The molecule has 3 heterocycles. The van der Waals surface area contributed by atoms with Crippen LogP contribution in [0.1, 0.15) is 74.0 Å². The number of aryl methyl sites for hydroxylation is 1. The number of esters is 2. The number of nitrogens with zero attached hydrogens (tertiary/aromatic N) is 3. The summed E-state index contributed by atoms with van der Waals surface area (Å²) in [6, 6.07) is 1.18. The molecule has 0 unspecified atom stereocenters. The van der Waals surface area contributed by atoms with Crippen molar-refractivity contribution < 1.29 is 32.6 Å². The standard InChI is InChI=1S/C21H22F2N4O5S/c1-5-7-32-20(29)14-11(4)15(21(30)31-6-2)33-19(14)26-18(28)12-9-24-27-13(16(22)23)8-10(3)25-17(12)27/h8-9,16H,5-7H2,1-4H3,(H,26,28). The van der Waals surface area contributed by atoms with E-state index in [2.05, 4.69) is 15.4 Å². The molecule has 0 aromatic carbocycles. The van der Waals surface area contributed by atoms with Crippen molar-refractivity contribution in [2.24, 2.45) is 0 Å².